The van der Waals surface area contributed by atoms with Crippen molar-refractivity contribution >= 4 is 109 Å². The standard InChI is InChI=1S/C15H15N3.C8H11NO2S.C7H8ClN.C7H7NO2.C7H9N.C2H6O.3ClH.Sn/c1-10-4-6-12-14(8-10)17-15-9-11(18(2)3)5-7-13(15)16-12;1-7-4-3-5-8(6-7)9-12(2,10)11;1-6-2-4-7(9-8)5-3-6;1-6-3-2-4-7(5-6)8(9)10;1-6-3-2-4-7(8)5-6;1-2-3;;;;/h4-9H,1-3H3;3-6,9H,1-2H3;2-5,9H,1H3;2-5H,1H3;2-5H,8H2,1H3;3H,2H2,1H3;3*1H;/q;;;;;;;;;+2/p-2. The van der Waals surface area contributed by atoms with Gasteiger partial charge in [-0.05, 0) is 118 Å². The van der Waals surface area contributed by atoms with E-state index in [9.17, 15) is 18.5 Å². The van der Waals surface area contributed by atoms with Gasteiger partial charge in [-0.15, -0.1) is 0 Å². The van der Waals surface area contributed by atoms with Gasteiger partial charge < -0.3 is 28.1 Å². The SMILES string of the molecule is CCO.Cc1ccc(NCl)cc1.Cc1ccc2[nH+]c3ccc(N(C)C)cc3nc2c1.Cc1cccc(N)c1.Cc1cccc(NS(C)(=O)=O)c1.Cc1cccc([N+](=O)[O-])c1.[Cl-].[Cl][Sn][Cl]. The van der Waals surface area contributed by atoms with E-state index in [4.69, 9.17) is 45.4 Å². The molecule has 0 saturated carbocycles. The molecule has 0 atom stereocenters. The number of aliphatic hydroxyl groups excluding tert-OH is 1. The van der Waals surface area contributed by atoms with Gasteiger partial charge in [0.25, 0.3) is 5.69 Å². The van der Waals surface area contributed by atoms with Crippen LogP contribution in [0, 0.1) is 44.7 Å². The molecule has 0 aliphatic carbocycles. The number of nitrogens with one attached hydrogen (secondary N) is 3. The van der Waals surface area contributed by atoms with Gasteiger partial charge in [0.05, 0.1) is 11.2 Å². The second-order valence-electron chi connectivity index (χ2n) is 14.0. The molecule has 0 saturated heterocycles. The van der Waals surface area contributed by atoms with Crippen LogP contribution in [0.25, 0.3) is 22.1 Å². The zero-order chi connectivity index (χ0) is 47.5. The molecule has 0 aliphatic rings. The Labute approximate surface area is 407 Å². The number of nitro groups is 1. The van der Waals surface area contributed by atoms with E-state index in [1.165, 1.54) is 22.8 Å². The number of nitrogen functional groups attached to an aromatic ring is 1. The van der Waals surface area contributed by atoms with E-state index in [0.29, 0.717) is 5.69 Å². The number of hydrogen-bond donors (Lipinski definition) is 4. The first kappa shape index (κ1) is 59.4. The van der Waals surface area contributed by atoms with Crippen LogP contribution >= 0.6 is 29.6 Å². The van der Waals surface area contributed by atoms with Crippen molar-refractivity contribution in [3.63, 3.8) is 0 Å². The van der Waals surface area contributed by atoms with E-state index in [-0.39, 0.29) is 24.7 Å². The fourth-order valence-corrected chi connectivity index (χ4v) is 5.74. The van der Waals surface area contributed by atoms with Crippen LogP contribution in [0.4, 0.5) is 28.4 Å². The average molecular weight is 1080 g/mol. The van der Waals surface area contributed by atoms with Gasteiger partial charge in [0, 0.05) is 79.5 Å². The summed E-state index contributed by atoms with van der Waals surface area (Å²) < 4.78 is 24.0. The van der Waals surface area contributed by atoms with Gasteiger partial charge in [-0.3, -0.25) is 19.7 Å². The van der Waals surface area contributed by atoms with E-state index < -0.39 is 33.8 Å². The number of H-pyrrole nitrogens is 1. The Morgan fingerprint density at radius 3 is 1.64 bits per heavy atom. The zero-order valence-corrected chi connectivity index (χ0v) is 44.0. The van der Waals surface area contributed by atoms with Crippen LogP contribution in [0.2, 0.25) is 0 Å². The number of nitro benzene ring substituents is 1. The molecule has 0 amide bonds. The van der Waals surface area contributed by atoms with Gasteiger partial charge >= 0.3 is 36.7 Å². The van der Waals surface area contributed by atoms with Crippen LogP contribution in [0.15, 0.2) is 133 Å². The summed E-state index contributed by atoms with van der Waals surface area (Å²) in [4.78, 5) is 22.5. The van der Waals surface area contributed by atoms with E-state index in [2.05, 4.69) is 62.8 Å². The third kappa shape index (κ3) is 25.6. The maximum atomic E-state index is 10.8. The molecule has 0 spiro atoms. The molecule has 6 aromatic carbocycles. The molecule has 7 rings (SSSR count). The van der Waals surface area contributed by atoms with Gasteiger partial charge in [0.1, 0.15) is 11.0 Å². The van der Waals surface area contributed by atoms with Crippen LogP contribution in [0.1, 0.15) is 34.7 Å². The molecule has 0 fully saturated rings. The number of aromatic amines is 1. The van der Waals surface area contributed by atoms with Gasteiger partial charge in [-0.1, -0.05) is 60.2 Å². The normalized spacial score (nSPS) is 9.64. The summed E-state index contributed by atoms with van der Waals surface area (Å²) in [6.07, 6.45) is 1.13. The molecular formula is C46H57Cl4N7O5SSn. The van der Waals surface area contributed by atoms with Crippen LogP contribution < -0.4 is 37.6 Å². The monoisotopic (exact) mass is 1080 g/mol. The third-order valence-corrected chi connectivity index (χ3v) is 8.72. The number of anilines is 4. The summed E-state index contributed by atoms with van der Waals surface area (Å²) in [5.41, 5.74) is 18.9. The second kappa shape index (κ2) is 32.1. The molecule has 0 bridgehead atoms. The van der Waals surface area contributed by atoms with Crippen molar-refractivity contribution in [2.24, 2.45) is 0 Å². The predicted molar refractivity (Wildman–Crippen MR) is 269 cm³/mol. The number of aromatic nitrogens is 2. The topological polar surface area (TPSA) is 178 Å². The van der Waals surface area contributed by atoms with E-state index in [0.717, 1.165) is 56.5 Å². The number of non-ortho nitro benzene ring substituents is 1. The van der Waals surface area contributed by atoms with Crippen molar-refractivity contribution in [2.75, 3.05) is 47.1 Å². The fraction of sp³-hybridized carbons (Fsp3) is 0.217. The first-order chi connectivity index (χ1) is 29.7. The maximum absolute atomic E-state index is 10.8. The molecule has 18 heteroatoms. The van der Waals surface area contributed by atoms with Gasteiger partial charge in [0.15, 0.2) is 0 Å². The summed E-state index contributed by atoms with van der Waals surface area (Å²) >= 11 is 4.50. The van der Waals surface area contributed by atoms with Crippen molar-refractivity contribution in [1.29, 1.82) is 0 Å². The number of benzene rings is 6. The van der Waals surface area contributed by atoms with E-state index in [1.54, 1.807) is 31.2 Å². The minimum atomic E-state index is -3.14. The van der Waals surface area contributed by atoms with Crippen LogP contribution in [-0.2, 0) is 10.0 Å². The van der Waals surface area contributed by atoms with Crippen molar-refractivity contribution in [2.45, 2.75) is 41.5 Å². The van der Waals surface area contributed by atoms with Crippen LogP contribution in [0.5, 0.6) is 0 Å². The molecule has 1 heterocycles. The molecular weight excluding hydrogens is 1020 g/mol. The number of nitrogens with two attached hydrogens (primary N) is 1. The van der Waals surface area contributed by atoms with E-state index >= 15 is 0 Å². The summed E-state index contributed by atoms with van der Waals surface area (Å²) in [5.74, 6) is 0. The Bertz CT molecular complexity index is 2540. The Hall–Kier alpha value is -4.61. The van der Waals surface area contributed by atoms with Crippen molar-refractivity contribution in [3.05, 3.63) is 171 Å². The Morgan fingerprint density at radius 2 is 1.20 bits per heavy atom. The van der Waals surface area contributed by atoms with Crippen molar-refractivity contribution < 1.29 is 35.8 Å². The zero-order valence-electron chi connectivity index (χ0n) is 37.3. The number of fused-ring (bicyclic) bond motifs is 2. The summed E-state index contributed by atoms with van der Waals surface area (Å²) in [6, 6.07) is 42.0. The molecule has 0 aliphatic heterocycles. The number of sulfonamides is 1. The summed E-state index contributed by atoms with van der Waals surface area (Å²) in [5, 5.41) is 17.7. The Morgan fingerprint density at radius 1 is 0.734 bits per heavy atom. The van der Waals surface area contributed by atoms with Crippen molar-refractivity contribution in [1.82, 2.24) is 4.98 Å². The Kier molecular flexibility index (Phi) is 29.8. The number of hydrogen-bond acceptors (Lipinski definition) is 9. The second-order valence-corrected chi connectivity index (χ2v) is 20.1. The first-order valence-corrected chi connectivity index (χ1v) is 28.7. The number of nitrogens with zero attached hydrogens (tertiary/aromatic N) is 3. The molecule has 2 radical (unpaired) electrons. The van der Waals surface area contributed by atoms with Gasteiger partial charge in [-0.25, -0.2) is 18.4 Å². The van der Waals surface area contributed by atoms with Crippen LogP contribution in [-0.4, -0.2) is 69.3 Å². The number of halogens is 4. The molecule has 0 unspecified atom stereocenters. The van der Waals surface area contributed by atoms with Gasteiger partial charge in [-0.2, -0.15) is 0 Å². The quantitative estimate of drug-likeness (QED) is 0.0332. The molecule has 12 nitrogen and oxygen atoms in total. The van der Waals surface area contributed by atoms with E-state index in [1.807, 2.05) is 109 Å². The average Bonchev–Trinajstić information content (AvgIpc) is 3.21. The minimum absolute atomic E-state index is 0. The van der Waals surface area contributed by atoms with Crippen LogP contribution in [0.3, 0.4) is 0 Å². The number of aryl methyl sites for hydroxylation is 5. The van der Waals surface area contributed by atoms with Gasteiger partial charge in [0.2, 0.25) is 21.1 Å². The molecule has 344 valence electrons. The predicted octanol–water partition coefficient (Wildman–Crippen LogP) is 7.99. The number of aliphatic hydroxyl groups is 1. The Balaban J connectivity index is 0.000000770. The van der Waals surface area contributed by atoms with Crippen molar-refractivity contribution in [3.8, 4) is 0 Å². The third-order valence-electron chi connectivity index (χ3n) is 7.90. The first-order valence-electron chi connectivity index (χ1n) is 19.2. The molecule has 7 aromatic rings. The summed E-state index contributed by atoms with van der Waals surface area (Å²) in [7, 11) is 10.8. The molecule has 6 N–H and O–H groups in total. The molecule has 64 heavy (non-hydrogen) atoms. The molecule has 1 aromatic heterocycles. The fourth-order valence-electron chi connectivity index (χ4n) is 5.06. The number of rotatable bonds is 5. The summed E-state index contributed by atoms with van der Waals surface area (Å²) in [6.45, 7) is 11.8.